The van der Waals surface area contributed by atoms with Crippen molar-refractivity contribution in [1.29, 1.82) is 0 Å². The summed E-state index contributed by atoms with van der Waals surface area (Å²) in [5.74, 6) is -1.01. The van der Waals surface area contributed by atoms with Crippen molar-refractivity contribution in [3.05, 3.63) is 36.5 Å². The van der Waals surface area contributed by atoms with Crippen molar-refractivity contribution >= 4 is 16.0 Å². The smallest absolute Gasteiger partial charge is 0.267 e. The van der Waals surface area contributed by atoms with Crippen LogP contribution in [0.15, 0.2) is 36.5 Å². The number of amides is 1. The van der Waals surface area contributed by atoms with E-state index in [0.29, 0.717) is 6.42 Å². The molecule has 0 fully saturated rings. The molecule has 3 N–H and O–H groups in total. The number of aliphatic hydroxyl groups excluding tert-OH is 1. The summed E-state index contributed by atoms with van der Waals surface area (Å²) in [5, 5.41) is 13.1. The maximum Gasteiger partial charge on any atom is 0.267 e. The van der Waals surface area contributed by atoms with Gasteiger partial charge in [-0.15, -0.1) is 0 Å². The van der Waals surface area contributed by atoms with Gasteiger partial charge in [0, 0.05) is 6.42 Å². The molecule has 2 atom stereocenters. The summed E-state index contributed by atoms with van der Waals surface area (Å²) >= 11 is 0. The first-order valence-electron chi connectivity index (χ1n) is 15.7. The molecule has 2 unspecified atom stereocenters. The molecule has 0 heterocycles. The van der Waals surface area contributed by atoms with Crippen LogP contribution in [0.1, 0.15) is 142 Å². The molecule has 0 aromatic rings. The Hall–Kier alpha value is -1.44. The van der Waals surface area contributed by atoms with Crippen LogP contribution in [0.2, 0.25) is 0 Å². The van der Waals surface area contributed by atoms with Gasteiger partial charge in [-0.05, 0) is 44.9 Å². The number of carbonyl (C=O) groups excluding carboxylic acids is 1. The van der Waals surface area contributed by atoms with E-state index in [4.69, 9.17) is 0 Å². The van der Waals surface area contributed by atoms with Gasteiger partial charge in [0.1, 0.15) is 0 Å². The topological polar surface area (TPSA) is 104 Å². The van der Waals surface area contributed by atoms with E-state index in [1.54, 1.807) is 6.08 Å². The Labute approximate surface area is 240 Å². The highest BCUT2D eigenvalue weighted by molar-refractivity contribution is 7.85. The summed E-state index contributed by atoms with van der Waals surface area (Å²) in [4.78, 5) is 12.3. The molecule has 0 aliphatic heterocycles. The van der Waals surface area contributed by atoms with Crippen LogP contribution in [0.3, 0.4) is 0 Å². The van der Waals surface area contributed by atoms with Crippen LogP contribution < -0.4 is 5.32 Å². The highest BCUT2D eigenvalue weighted by atomic mass is 32.2. The number of hydrogen-bond acceptors (Lipinski definition) is 4. The normalized spacial score (nSPS) is 14.1. The average Bonchev–Trinajstić information content (AvgIpc) is 2.88. The Morgan fingerprint density at radius 1 is 0.667 bits per heavy atom. The van der Waals surface area contributed by atoms with E-state index in [2.05, 4.69) is 43.5 Å². The maximum absolute atomic E-state index is 12.3. The Bertz CT molecular complexity index is 761. The lowest BCUT2D eigenvalue weighted by Crippen LogP contribution is -2.46. The monoisotopic (exact) mass is 569 g/mol. The number of unbranched alkanes of at least 4 members (excludes halogenated alkanes) is 15. The van der Waals surface area contributed by atoms with Gasteiger partial charge in [-0.3, -0.25) is 9.35 Å². The second-order valence-corrected chi connectivity index (χ2v) is 12.2. The molecule has 0 aliphatic rings. The fourth-order valence-electron chi connectivity index (χ4n) is 4.42. The Morgan fingerprint density at radius 3 is 1.62 bits per heavy atom. The van der Waals surface area contributed by atoms with Gasteiger partial charge in [0.15, 0.2) is 0 Å². The van der Waals surface area contributed by atoms with Gasteiger partial charge < -0.3 is 10.4 Å². The summed E-state index contributed by atoms with van der Waals surface area (Å²) in [6.45, 7) is 4.44. The quantitative estimate of drug-likeness (QED) is 0.0525. The predicted molar refractivity (Wildman–Crippen MR) is 165 cm³/mol. The summed E-state index contributed by atoms with van der Waals surface area (Å²) in [5.41, 5.74) is 0. The zero-order chi connectivity index (χ0) is 29.0. The molecule has 0 bridgehead atoms. The molecule has 0 saturated carbocycles. The summed E-state index contributed by atoms with van der Waals surface area (Å²) in [6, 6.07) is -1.07. The summed E-state index contributed by atoms with van der Waals surface area (Å²) in [6.07, 6.45) is 32.7. The van der Waals surface area contributed by atoms with E-state index >= 15 is 0 Å². The van der Waals surface area contributed by atoms with E-state index in [9.17, 15) is 22.9 Å². The molecule has 0 rings (SSSR count). The van der Waals surface area contributed by atoms with E-state index in [-0.39, 0.29) is 12.3 Å². The molecule has 0 aliphatic carbocycles. The number of allylic oxidation sites excluding steroid dienone is 5. The van der Waals surface area contributed by atoms with Crippen LogP contribution in [-0.4, -0.2) is 41.9 Å². The molecule has 0 aromatic carbocycles. The average molecular weight is 570 g/mol. The first-order chi connectivity index (χ1) is 18.8. The summed E-state index contributed by atoms with van der Waals surface area (Å²) < 4.78 is 32.1. The molecule has 0 saturated heterocycles. The van der Waals surface area contributed by atoms with Gasteiger partial charge in [-0.1, -0.05) is 127 Å². The van der Waals surface area contributed by atoms with Crippen LogP contribution >= 0.6 is 0 Å². The molecular weight excluding hydrogens is 510 g/mol. The third-order valence-electron chi connectivity index (χ3n) is 6.80. The van der Waals surface area contributed by atoms with Crippen LogP contribution in [-0.2, 0) is 14.9 Å². The Morgan fingerprint density at radius 2 is 1.10 bits per heavy atom. The van der Waals surface area contributed by atoms with Crippen LogP contribution in [0.25, 0.3) is 0 Å². The van der Waals surface area contributed by atoms with Gasteiger partial charge >= 0.3 is 0 Å². The third-order valence-corrected chi connectivity index (χ3v) is 7.58. The van der Waals surface area contributed by atoms with Crippen molar-refractivity contribution in [2.75, 3.05) is 5.75 Å². The zero-order valence-electron chi connectivity index (χ0n) is 25.0. The van der Waals surface area contributed by atoms with Crippen LogP contribution in [0, 0.1) is 0 Å². The van der Waals surface area contributed by atoms with Crippen molar-refractivity contribution in [1.82, 2.24) is 5.32 Å². The second kappa shape index (κ2) is 26.8. The number of carbonyl (C=O) groups is 1. The minimum atomic E-state index is -4.34. The van der Waals surface area contributed by atoms with Crippen LogP contribution in [0.5, 0.6) is 0 Å². The second-order valence-electron chi connectivity index (χ2n) is 10.7. The lowest BCUT2D eigenvalue weighted by molar-refractivity contribution is -0.122. The lowest BCUT2D eigenvalue weighted by atomic mass is 10.1. The van der Waals surface area contributed by atoms with E-state index in [1.807, 2.05) is 0 Å². The minimum absolute atomic E-state index is 0.285. The molecule has 0 radical (unpaired) electrons. The van der Waals surface area contributed by atoms with E-state index < -0.39 is 28.0 Å². The molecule has 6 nitrogen and oxygen atoms in total. The molecule has 0 aromatic heterocycles. The maximum atomic E-state index is 12.3. The van der Waals surface area contributed by atoms with Gasteiger partial charge in [0.2, 0.25) is 5.91 Å². The Kier molecular flexibility index (Phi) is 25.8. The molecule has 39 heavy (non-hydrogen) atoms. The lowest BCUT2D eigenvalue weighted by Gasteiger charge is -2.21. The van der Waals surface area contributed by atoms with Crippen molar-refractivity contribution < 1.29 is 22.9 Å². The summed E-state index contributed by atoms with van der Waals surface area (Å²) in [7, 11) is -4.34. The third kappa shape index (κ3) is 27.9. The number of hydrogen-bond donors (Lipinski definition) is 3. The predicted octanol–water partition coefficient (Wildman–Crippen LogP) is 8.23. The van der Waals surface area contributed by atoms with Gasteiger partial charge in [-0.2, -0.15) is 8.42 Å². The fraction of sp³-hybridized carbons (Fsp3) is 0.781. The molecule has 7 heteroatoms. The number of nitrogens with one attached hydrogen (secondary N) is 1. The minimum Gasteiger partial charge on any atom is -0.387 e. The first-order valence-corrected chi connectivity index (χ1v) is 17.3. The SMILES string of the molecule is CCCCCCC/C=C/CC/C=C/CC/C=C/C(O)C(CS(=O)(=O)O)NC(=O)CCCCCCCCCCC. The van der Waals surface area contributed by atoms with Gasteiger partial charge in [0.25, 0.3) is 10.1 Å². The zero-order valence-corrected chi connectivity index (χ0v) is 25.8. The number of aliphatic hydroxyl groups is 1. The number of rotatable bonds is 27. The van der Waals surface area contributed by atoms with Gasteiger partial charge in [-0.25, -0.2) is 0 Å². The first kappa shape index (κ1) is 37.6. The fourth-order valence-corrected chi connectivity index (χ4v) is 5.15. The van der Waals surface area contributed by atoms with Crippen molar-refractivity contribution in [2.45, 2.75) is 154 Å². The van der Waals surface area contributed by atoms with Crippen molar-refractivity contribution in [3.8, 4) is 0 Å². The van der Waals surface area contributed by atoms with Crippen molar-refractivity contribution in [3.63, 3.8) is 0 Å². The molecule has 228 valence electrons. The molecule has 1 amide bonds. The Balaban J connectivity index is 4.18. The highest BCUT2D eigenvalue weighted by Crippen LogP contribution is 2.11. The largest absolute Gasteiger partial charge is 0.387 e. The molecular formula is C32H59NO5S. The standard InChI is InChI=1S/C32H59NO5S/c1-3-5-7-9-11-13-14-15-16-17-18-20-21-23-25-27-31(34)30(29-39(36,37)38)33-32(35)28-26-24-22-19-12-10-8-6-4-2/h14-15,18,20,25,27,30-31,34H,3-13,16-17,19,21-24,26,28-29H2,1-2H3,(H,33,35)(H,36,37,38)/b15-14+,20-18+,27-25+. The van der Waals surface area contributed by atoms with E-state index in [0.717, 1.165) is 38.5 Å². The molecule has 0 spiro atoms. The van der Waals surface area contributed by atoms with Crippen LogP contribution in [0.4, 0.5) is 0 Å². The highest BCUT2D eigenvalue weighted by Gasteiger charge is 2.24. The van der Waals surface area contributed by atoms with Crippen molar-refractivity contribution in [2.24, 2.45) is 0 Å². The van der Waals surface area contributed by atoms with E-state index in [1.165, 1.54) is 83.1 Å². The van der Waals surface area contributed by atoms with Gasteiger partial charge in [0.05, 0.1) is 17.9 Å².